The molecule has 1 aromatic carbocycles. The zero-order chi connectivity index (χ0) is 17.6. The predicted molar refractivity (Wildman–Crippen MR) is 93.5 cm³/mol. The lowest BCUT2D eigenvalue weighted by molar-refractivity contribution is 0.0514. The number of rotatable bonds is 5. The Kier molecular flexibility index (Phi) is 6.60. The van der Waals surface area contributed by atoms with E-state index in [1.165, 1.54) is 25.0 Å². The Morgan fingerprint density at radius 1 is 1.33 bits per heavy atom. The van der Waals surface area contributed by atoms with Gasteiger partial charge in [-0.3, -0.25) is 0 Å². The maximum atomic E-state index is 13.1. The molecule has 1 aromatic rings. The highest BCUT2D eigenvalue weighted by Gasteiger charge is 2.25. The first kappa shape index (κ1) is 18.7. The van der Waals surface area contributed by atoms with E-state index in [0.717, 1.165) is 24.9 Å². The topological polar surface area (TPSA) is 50.4 Å². The van der Waals surface area contributed by atoms with Gasteiger partial charge in [-0.1, -0.05) is 18.6 Å². The number of amides is 1. The highest BCUT2D eigenvalue weighted by molar-refractivity contribution is 5.67. The summed E-state index contributed by atoms with van der Waals surface area (Å²) in [7, 11) is 0. The van der Waals surface area contributed by atoms with Gasteiger partial charge in [0.25, 0.3) is 0 Å². The van der Waals surface area contributed by atoms with Crippen LogP contribution in [0.5, 0.6) is 0 Å². The van der Waals surface area contributed by atoms with Gasteiger partial charge >= 0.3 is 6.09 Å². The molecule has 0 unspecified atom stereocenters. The van der Waals surface area contributed by atoms with Crippen molar-refractivity contribution in [3.05, 3.63) is 35.6 Å². The normalized spacial score (nSPS) is 19.6. The first-order valence-electron chi connectivity index (χ1n) is 8.78. The number of nitrogens with one attached hydrogen (secondary N) is 2. The molecule has 0 radical (unpaired) electrons. The number of ether oxygens (including phenoxy) is 1. The molecule has 0 saturated carbocycles. The summed E-state index contributed by atoms with van der Waals surface area (Å²) in [6.45, 7) is 7.11. The highest BCUT2D eigenvalue weighted by Crippen LogP contribution is 2.20. The quantitative estimate of drug-likeness (QED) is 0.863. The number of hydrogen-bond donors (Lipinski definition) is 2. The standard InChI is InChI=1S/C19H29FN2O2/c1-19(2,3)24-18(23)22-13-15(17-6-4-5-11-21-17)12-14-7-9-16(20)10-8-14/h7-10,15,17,21H,4-6,11-13H2,1-3H3,(H,22,23)/t15-,17+/m1/s1. The van der Waals surface area contributed by atoms with E-state index in [9.17, 15) is 9.18 Å². The monoisotopic (exact) mass is 336 g/mol. The van der Waals surface area contributed by atoms with Gasteiger partial charge in [-0.2, -0.15) is 0 Å². The van der Waals surface area contributed by atoms with Crippen LogP contribution in [0.4, 0.5) is 9.18 Å². The first-order valence-corrected chi connectivity index (χ1v) is 8.78. The number of carbonyl (C=O) groups is 1. The summed E-state index contributed by atoms with van der Waals surface area (Å²) in [4.78, 5) is 11.9. The number of alkyl carbamates (subject to hydrolysis) is 1. The lowest BCUT2D eigenvalue weighted by atomic mass is 9.87. The third-order valence-electron chi connectivity index (χ3n) is 4.24. The predicted octanol–water partition coefficient (Wildman–Crippen LogP) is 3.65. The summed E-state index contributed by atoms with van der Waals surface area (Å²) in [6.07, 6.45) is 3.90. The summed E-state index contributed by atoms with van der Waals surface area (Å²) < 4.78 is 18.4. The average Bonchev–Trinajstić information content (AvgIpc) is 2.52. The Balaban J connectivity index is 1.97. The molecular weight excluding hydrogens is 307 g/mol. The highest BCUT2D eigenvalue weighted by atomic mass is 19.1. The Hall–Kier alpha value is -1.62. The van der Waals surface area contributed by atoms with E-state index in [4.69, 9.17) is 4.74 Å². The van der Waals surface area contributed by atoms with E-state index in [2.05, 4.69) is 10.6 Å². The second-order valence-electron chi connectivity index (χ2n) is 7.53. The van der Waals surface area contributed by atoms with Gasteiger partial charge in [0.05, 0.1) is 0 Å². The molecule has 1 aliphatic heterocycles. The molecule has 1 heterocycles. The van der Waals surface area contributed by atoms with Gasteiger partial charge < -0.3 is 15.4 Å². The van der Waals surface area contributed by atoms with E-state index < -0.39 is 5.60 Å². The second kappa shape index (κ2) is 8.47. The van der Waals surface area contributed by atoms with Crippen LogP contribution in [0, 0.1) is 11.7 Å². The lowest BCUT2D eigenvalue weighted by Crippen LogP contribution is -2.46. The van der Waals surface area contributed by atoms with Crippen LogP contribution in [-0.2, 0) is 11.2 Å². The number of carbonyl (C=O) groups excluding carboxylic acids is 1. The van der Waals surface area contributed by atoms with Crippen molar-refractivity contribution in [1.29, 1.82) is 0 Å². The molecule has 5 heteroatoms. The number of hydrogen-bond acceptors (Lipinski definition) is 3. The van der Waals surface area contributed by atoms with Gasteiger partial charge in [-0.05, 0) is 70.2 Å². The van der Waals surface area contributed by atoms with Crippen molar-refractivity contribution in [2.75, 3.05) is 13.1 Å². The van der Waals surface area contributed by atoms with E-state index in [-0.39, 0.29) is 17.8 Å². The molecule has 0 spiro atoms. The number of piperidine rings is 1. The van der Waals surface area contributed by atoms with Crippen molar-refractivity contribution in [3.8, 4) is 0 Å². The van der Waals surface area contributed by atoms with E-state index in [0.29, 0.717) is 12.6 Å². The molecule has 134 valence electrons. The molecule has 0 aliphatic carbocycles. The Morgan fingerprint density at radius 2 is 2.04 bits per heavy atom. The van der Waals surface area contributed by atoms with Crippen LogP contribution >= 0.6 is 0 Å². The van der Waals surface area contributed by atoms with Gasteiger partial charge in [0.1, 0.15) is 11.4 Å². The van der Waals surface area contributed by atoms with Crippen molar-refractivity contribution in [2.24, 2.45) is 5.92 Å². The van der Waals surface area contributed by atoms with Crippen LogP contribution in [0.25, 0.3) is 0 Å². The van der Waals surface area contributed by atoms with Crippen molar-refractivity contribution in [3.63, 3.8) is 0 Å². The molecule has 1 fully saturated rings. The van der Waals surface area contributed by atoms with E-state index in [1.807, 2.05) is 32.9 Å². The molecule has 0 bridgehead atoms. The Bertz CT molecular complexity index is 519. The summed E-state index contributed by atoms with van der Waals surface area (Å²) in [5.41, 5.74) is 0.583. The molecule has 1 saturated heterocycles. The smallest absolute Gasteiger partial charge is 0.407 e. The van der Waals surface area contributed by atoms with Crippen LogP contribution in [-0.4, -0.2) is 30.8 Å². The molecule has 4 nitrogen and oxygen atoms in total. The minimum Gasteiger partial charge on any atom is -0.444 e. The zero-order valence-electron chi connectivity index (χ0n) is 14.9. The van der Waals surface area contributed by atoms with E-state index in [1.54, 1.807) is 0 Å². The minimum absolute atomic E-state index is 0.224. The Morgan fingerprint density at radius 3 is 2.62 bits per heavy atom. The van der Waals surface area contributed by atoms with Crippen LogP contribution < -0.4 is 10.6 Å². The third kappa shape index (κ3) is 6.48. The SMILES string of the molecule is CC(C)(C)OC(=O)NC[C@@H](Cc1ccc(F)cc1)[C@@H]1CCCCN1. The molecular formula is C19H29FN2O2. The molecule has 24 heavy (non-hydrogen) atoms. The van der Waals surface area contributed by atoms with Crippen LogP contribution in [0.2, 0.25) is 0 Å². The van der Waals surface area contributed by atoms with E-state index >= 15 is 0 Å². The fourth-order valence-corrected chi connectivity index (χ4v) is 3.09. The second-order valence-corrected chi connectivity index (χ2v) is 7.53. The summed E-state index contributed by atoms with van der Waals surface area (Å²) in [6, 6.07) is 6.97. The average molecular weight is 336 g/mol. The van der Waals surface area contributed by atoms with Gasteiger partial charge in [0.2, 0.25) is 0 Å². The molecule has 2 atom stereocenters. The van der Waals surface area contributed by atoms with Gasteiger partial charge in [-0.25, -0.2) is 9.18 Å². The summed E-state index contributed by atoms with van der Waals surface area (Å²) in [5.74, 6) is 0.0289. The van der Waals surface area contributed by atoms with Gasteiger partial charge in [0, 0.05) is 12.6 Å². The largest absolute Gasteiger partial charge is 0.444 e. The first-order chi connectivity index (χ1) is 11.3. The Labute approximate surface area is 144 Å². The number of halogens is 1. The maximum absolute atomic E-state index is 13.1. The van der Waals surface area contributed by atoms with Crippen molar-refractivity contribution >= 4 is 6.09 Å². The van der Waals surface area contributed by atoms with Crippen LogP contribution in [0.15, 0.2) is 24.3 Å². The fourth-order valence-electron chi connectivity index (χ4n) is 3.09. The maximum Gasteiger partial charge on any atom is 0.407 e. The molecule has 1 amide bonds. The van der Waals surface area contributed by atoms with Crippen LogP contribution in [0.1, 0.15) is 45.6 Å². The molecule has 0 aromatic heterocycles. The fraction of sp³-hybridized carbons (Fsp3) is 0.632. The molecule has 2 N–H and O–H groups in total. The zero-order valence-corrected chi connectivity index (χ0v) is 14.9. The third-order valence-corrected chi connectivity index (χ3v) is 4.24. The van der Waals surface area contributed by atoms with Crippen molar-refractivity contribution in [1.82, 2.24) is 10.6 Å². The van der Waals surface area contributed by atoms with Gasteiger partial charge in [-0.15, -0.1) is 0 Å². The minimum atomic E-state index is -0.500. The van der Waals surface area contributed by atoms with Crippen molar-refractivity contribution in [2.45, 2.75) is 58.1 Å². The molecule has 2 rings (SSSR count). The summed E-state index contributed by atoms with van der Waals surface area (Å²) in [5, 5.41) is 6.45. The number of benzene rings is 1. The lowest BCUT2D eigenvalue weighted by Gasteiger charge is -2.32. The summed E-state index contributed by atoms with van der Waals surface area (Å²) >= 11 is 0. The van der Waals surface area contributed by atoms with Crippen LogP contribution in [0.3, 0.4) is 0 Å². The van der Waals surface area contributed by atoms with Crippen molar-refractivity contribution < 1.29 is 13.9 Å². The van der Waals surface area contributed by atoms with Gasteiger partial charge in [0.15, 0.2) is 0 Å². The molecule has 1 aliphatic rings.